The summed E-state index contributed by atoms with van der Waals surface area (Å²) in [4.78, 5) is 22.1. The van der Waals surface area contributed by atoms with Gasteiger partial charge in [0.25, 0.3) is 0 Å². The molecule has 0 bridgehead atoms. The predicted molar refractivity (Wildman–Crippen MR) is 124 cm³/mol. The molecular weight excluding hydrogens is 398 g/mol. The molecule has 1 amide bonds. The van der Waals surface area contributed by atoms with Gasteiger partial charge in [0.05, 0.1) is 0 Å². The summed E-state index contributed by atoms with van der Waals surface area (Å²) in [5, 5.41) is 8.40. The quantitative estimate of drug-likeness (QED) is 0.525. The van der Waals surface area contributed by atoms with Crippen LogP contribution in [0.15, 0.2) is 65.1 Å². The Morgan fingerprint density at radius 3 is 2.62 bits per heavy atom. The van der Waals surface area contributed by atoms with Gasteiger partial charge < -0.3 is 4.90 Å². The minimum absolute atomic E-state index is 0.172. The van der Waals surface area contributed by atoms with Crippen molar-refractivity contribution >= 4 is 5.91 Å². The summed E-state index contributed by atoms with van der Waals surface area (Å²) >= 11 is 0. The maximum absolute atomic E-state index is 13.4. The molecule has 6 nitrogen and oxygen atoms in total. The lowest BCUT2D eigenvalue weighted by Crippen LogP contribution is -2.49. The van der Waals surface area contributed by atoms with Crippen LogP contribution in [-0.4, -0.2) is 45.5 Å². The van der Waals surface area contributed by atoms with Gasteiger partial charge in [-0.05, 0) is 42.6 Å². The standard InChI is InChI=1S/C26H31N5O/c1-2-3-14-26(28-29-26)15-11-25(32)31(20-23-12-16-27-17-13-23)24-10-7-18-30(21-24)19-22-8-5-4-6-9-22/h1,4-6,8-9,12-13,16-17,24H,3,7,10-11,14-15,18-21H2. The van der Waals surface area contributed by atoms with Crippen LogP contribution in [0, 0.1) is 12.3 Å². The average Bonchev–Trinajstić information content (AvgIpc) is 3.61. The highest BCUT2D eigenvalue weighted by Crippen LogP contribution is 2.38. The van der Waals surface area contributed by atoms with E-state index in [1.54, 1.807) is 12.4 Å². The van der Waals surface area contributed by atoms with Gasteiger partial charge in [-0.3, -0.25) is 14.7 Å². The number of rotatable bonds is 10. The van der Waals surface area contributed by atoms with E-state index >= 15 is 0 Å². The van der Waals surface area contributed by atoms with Gasteiger partial charge in [0.15, 0.2) is 5.66 Å². The third kappa shape index (κ3) is 6.02. The van der Waals surface area contributed by atoms with Gasteiger partial charge in [-0.1, -0.05) is 30.3 Å². The van der Waals surface area contributed by atoms with Gasteiger partial charge in [0, 0.05) is 63.8 Å². The lowest BCUT2D eigenvalue weighted by atomic mass is 9.99. The lowest BCUT2D eigenvalue weighted by molar-refractivity contribution is -0.135. The van der Waals surface area contributed by atoms with Crippen molar-refractivity contribution in [1.82, 2.24) is 14.8 Å². The Balaban J connectivity index is 1.42. The van der Waals surface area contributed by atoms with Crippen molar-refractivity contribution in [2.45, 2.75) is 63.3 Å². The van der Waals surface area contributed by atoms with Crippen LogP contribution in [0.1, 0.15) is 49.7 Å². The Labute approximate surface area is 190 Å². The average molecular weight is 430 g/mol. The van der Waals surface area contributed by atoms with Crippen LogP contribution < -0.4 is 0 Å². The molecule has 0 N–H and O–H groups in total. The van der Waals surface area contributed by atoms with Gasteiger partial charge in [0.1, 0.15) is 0 Å². The Kier molecular flexibility index (Phi) is 7.28. The molecule has 3 heterocycles. The molecule has 0 radical (unpaired) electrons. The highest BCUT2D eigenvalue weighted by molar-refractivity contribution is 5.76. The fourth-order valence-electron chi connectivity index (χ4n) is 4.50. The number of pyridine rings is 1. The van der Waals surface area contributed by atoms with Crippen molar-refractivity contribution in [2.24, 2.45) is 10.2 Å². The second-order valence-electron chi connectivity index (χ2n) is 8.78. The molecule has 166 valence electrons. The number of likely N-dealkylation sites (tertiary alicyclic amines) is 1. The van der Waals surface area contributed by atoms with Gasteiger partial charge in [-0.2, -0.15) is 10.2 Å². The van der Waals surface area contributed by atoms with E-state index in [1.807, 2.05) is 18.2 Å². The highest BCUT2D eigenvalue weighted by atomic mass is 16.2. The molecule has 1 aromatic carbocycles. The van der Waals surface area contributed by atoms with E-state index in [-0.39, 0.29) is 11.9 Å². The van der Waals surface area contributed by atoms with Crippen LogP contribution in [0.25, 0.3) is 0 Å². The van der Waals surface area contributed by atoms with E-state index in [4.69, 9.17) is 6.42 Å². The van der Waals surface area contributed by atoms with E-state index in [9.17, 15) is 4.79 Å². The molecule has 0 saturated carbocycles. The van der Waals surface area contributed by atoms with Gasteiger partial charge >= 0.3 is 0 Å². The molecule has 0 spiro atoms. The number of benzene rings is 1. The number of carbonyl (C=O) groups excluding carboxylic acids is 1. The van der Waals surface area contributed by atoms with E-state index < -0.39 is 5.66 Å². The fraction of sp³-hybridized carbons (Fsp3) is 0.462. The SMILES string of the molecule is C#CCCC1(CCC(=O)N(Cc2ccncc2)C2CCCN(Cc3ccccc3)C2)N=N1. The molecule has 1 aromatic heterocycles. The zero-order chi connectivity index (χ0) is 22.2. The van der Waals surface area contributed by atoms with E-state index in [1.165, 1.54) is 5.56 Å². The summed E-state index contributed by atoms with van der Waals surface area (Å²) in [7, 11) is 0. The van der Waals surface area contributed by atoms with E-state index in [0.29, 0.717) is 25.8 Å². The Morgan fingerprint density at radius 1 is 1.12 bits per heavy atom. The summed E-state index contributed by atoms with van der Waals surface area (Å²) in [6.07, 6.45) is 13.5. The first-order valence-electron chi connectivity index (χ1n) is 11.5. The molecule has 6 heteroatoms. The number of hydrogen-bond donors (Lipinski definition) is 0. The molecular formula is C26H31N5O. The Hall–Kier alpha value is -3.04. The van der Waals surface area contributed by atoms with Crippen LogP contribution in [0.2, 0.25) is 0 Å². The largest absolute Gasteiger partial charge is 0.334 e. The second kappa shape index (κ2) is 10.5. The number of aromatic nitrogens is 1. The van der Waals surface area contributed by atoms with Gasteiger partial charge in [-0.25, -0.2) is 0 Å². The highest BCUT2D eigenvalue weighted by Gasteiger charge is 2.40. The summed E-state index contributed by atoms with van der Waals surface area (Å²) in [5.41, 5.74) is 2.00. The first-order valence-corrected chi connectivity index (χ1v) is 11.5. The molecule has 2 aromatic rings. The van der Waals surface area contributed by atoms with Gasteiger partial charge in [0.2, 0.25) is 5.91 Å². The Morgan fingerprint density at radius 2 is 1.91 bits per heavy atom. The molecule has 0 aliphatic carbocycles. The monoisotopic (exact) mass is 429 g/mol. The molecule has 1 saturated heterocycles. The summed E-state index contributed by atoms with van der Waals surface area (Å²) < 4.78 is 0. The number of piperidine rings is 1. The number of hydrogen-bond acceptors (Lipinski definition) is 5. The molecule has 4 rings (SSSR count). The van der Waals surface area contributed by atoms with Crippen molar-refractivity contribution < 1.29 is 4.79 Å². The molecule has 1 unspecified atom stereocenters. The van der Waals surface area contributed by atoms with Crippen molar-refractivity contribution in [3.8, 4) is 12.3 Å². The van der Waals surface area contributed by atoms with E-state index in [2.05, 4.69) is 55.2 Å². The zero-order valence-electron chi connectivity index (χ0n) is 18.6. The topological polar surface area (TPSA) is 61.2 Å². The lowest BCUT2D eigenvalue weighted by Gasteiger charge is -2.39. The van der Waals surface area contributed by atoms with Crippen molar-refractivity contribution in [1.29, 1.82) is 0 Å². The molecule has 32 heavy (non-hydrogen) atoms. The molecule has 1 atom stereocenters. The summed E-state index contributed by atoms with van der Waals surface area (Å²) in [6.45, 7) is 3.48. The first-order chi connectivity index (χ1) is 15.7. The van der Waals surface area contributed by atoms with Crippen molar-refractivity contribution in [3.05, 3.63) is 66.0 Å². The van der Waals surface area contributed by atoms with Crippen molar-refractivity contribution in [3.63, 3.8) is 0 Å². The zero-order valence-corrected chi connectivity index (χ0v) is 18.6. The van der Waals surface area contributed by atoms with Crippen LogP contribution in [0.4, 0.5) is 0 Å². The third-order valence-electron chi connectivity index (χ3n) is 6.38. The number of terminal acetylenes is 1. The summed E-state index contributed by atoms with van der Waals surface area (Å²) in [5.74, 6) is 2.83. The minimum atomic E-state index is -0.420. The fourth-order valence-corrected chi connectivity index (χ4v) is 4.50. The van der Waals surface area contributed by atoms with Crippen molar-refractivity contribution in [2.75, 3.05) is 13.1 Å². The second-order valence-corrected chi connectivity index (χ2v) is 8.78. The van der Waals surface area contributed by atoms with Crippen LogP contribution in [0.3, 0.4) is 0 Å². The first kappa shape index (κ1) is 22.2. The molecule has 2 aliphatic rings. The van der Waals surface area contributed by atoms with E-state index in [0.717, 1.165) is 44.5 Å². The molecule has 1 fully saturated rings. The Bertz CT molecular complexity index is 947. The number of nitrogens with zero attached hydrogens (tertiary/aromatic N) is 5. The van der Waals surface area contributed by atoms with Crippen LogP contribution >= 0.6 is 0 Å². The predicted octanol–water partition coefficient (Wildman–Crippen LogP) is 4.43. The minimum Gasteiger partial charge on any atom is -0.334 e. The third-order valence-corrected chi connectivity index (χ3v) is 6.38. The van der Waals surface area contributed by atoms with Gasteiger partial charge in [-0.15, -0.1) is 12.3 Å². The van der Waals surface area contributed by atoms with Crippen LogP contribution in [-0.2, 0) is 17.9 Å². The molecule has 2 aliphatic heterocycles. The normalized spacial score (nSPS) is 19.3. The number of carbonyl (C=O) groups is 1. The number of amides is 1. The summed E-state index contributed by atoms with van der Waals surface area (Å²) in [6, 6.07) is 14.7. The maximum Gasteiger partial charge on any atom is 0.223 e. The van der Waals surface area contributed by atoms with Crippen LogP contribution in [0.5, 0.6) is 0 Å². The smallest absolute Gasteiger partial charge is 0.223 e. The maximum atomic E-state index is 13.4.